The Hall–Kier alpha value is -0.870. The van der Waals surface area contributed by atoms with E-state index in [1.54, 1.807) is 12.1 Å². The molecule has 1 N–H and O–H groups in total. The van der Waals surface area contributed by atoms with Gasteiger partial charge in [-0.25, -0.2) is 4.39 Å². The second-order valence-corrected chi connectivity index (χ2v) is 4.65. The molecule has 0 aliphatic rings. The van der Waals surface area contributed by atoms with Crippen LogP contribution in [0.4, 0.5) is 4.39 Å². The summed E-state index contributed by atoms with van der Waals surface area (Å²) in [5.41, 5.74) is 0.670. The second-order valence-electron chi connectivity index (χ2n) is 3.73. The molecule has 0 saturated heterocycles. The Bertz CT molecular complexity index is 370. The predicted molar refractivity (Wildman–Crippen MR) is 71.3 cm³/mol. The van der Waals surface area contributed by atoms with E-state index in [2.05, 4.69) is 27.8 Å². The van der Waals surface area contributed by atoms with Gasteiger partial charge < -0.3 is 10.1 Å². The molecule has 94 valence electrons. The minimum absolute atomic E-state index is 0.0174. The summed E-state index contributed by atoms with van der Waals surface area (Å²) in [5, 5.41) is 3.25. The molecule has 17 heavy (non-hydrogen) atoms. The van der Waals surface area contributed by atoms with Crippen LogP contribution in [0.2, 0.25) is 0 Å². The first kappa shape index (κ1) is 14.2. The topological polar surface area (TPSA) is 21.3 Å². The van der Waals surface area contributed by atoms with Gasteiger partial charge in [0.1, 0.15) is 5.82 Å². The van der Waals surface area contributed by atoms with Gasteiger partial charge in [-0.3, -0.25) is 0 Å². The van der Waals surface area contributed by atoms with Gasteiger partial charge in [0.25, 0.3) is 0 Å². The molecule has 0 radical (unpaired) electrons. The van der Waals surface area contributed by atoms with Gasteiger partial charge in [-0.1, -0.05) is 22.5 Å². The summed E-state index contributed by atoms with van der Waals surface area (Å²) in [6.07, 6.45) is 2.30. The van der Waals surface area contributed by atoms with Crippen molar-refractivity contribution in [3.63, 3.8) is 0 Å². The monoisotopic (exact) mass is 301 g/mol. The molecule has 0 amide bonds. The maximum Gasteiger partial charge on any atom is 0.128 e. The number of hydrogen-bond donors (Lipinski definition) is 1. The zero-order chi connectivity index (χ0) is 12.7. The smallest absolute Gasteiger partial charge is 0.128 e. The molecule has 1 unspecified atom stereocenters. The lowest BCUT2D eigenvalue weighted by Crippen LogP contribution is -2.21. The third-order valence-electron chi connectivity index (χ3n) is 2.43. The predicted octanol–water partition coefficient (Wildman–Crippen LogP) is 3.79. The van der Waals surface area contributed by atoms with Crippen molar-refractivity contribution in [2.24, 2.45) is 0 Å². The van der Waals surface area contributed by atoms with Crippen molar-refractivity contribution in [2.45, 2.75) is 19.4 Å². The molecule has 1 rings (SSSR count). The molecule has 0 aliphatic heterocycles. The van der Waals surface area contributed by atoms with Crippen LogP contribution in [0.5, 0.6) is 0 Å². The Morgan fingerprint density at radius 3 is 3.06 bits per heavy atom. The minimum atomic E-state index is -0.185. The van der Waals surface area contributed by atoms with E-state index < -0.39 is 0 Å². The van der Waals surface area contributed by atoms with Gasteiger partial charge in [0.15, 0.2) is 0 Å². The minimum Gasteiger partial charge on any atom is -0.502 e. The highest BCUT2D eigenvalue weighted by atomic mass is 79.9. The lowest BCUT2D eigenvalue weighted by Gasteiger charge is -2.15. The van der Waals surface area contributed by atoms with Crippen molar-refractivity contribution in [3.8, 4) is 0 Å². The average Bonchev–Trinajstić information content (AvgIpc) is 2.32. The van der Waals surface area contributed by atoms with Crippen molar-refractivity contribution in [1.82, 2.24) is 5.32 Å². The van der Waals surface area contributed by atoms with Gasteiger partial charge in [-0.15, -0.1) is 0 Å². The molecule has 1 aromatic rings. The third kappa shape index (κ3) is 4.88. The highest BCUT2D eigenvalue weighted by molar-refractivity contribution is 9.10. The number of ether oxygens (including phenoxy) is 1. The number of benzene rings is 1. The Kier molecular flexibility index (Phi) is 6.22. The van der Waals surface area contributed by atoms with Crippen LogP contribution in [0.25, 0.3) is 0 Å². The molecular weight excluding hydrogens is 285 g/mol. The molecule has 0 spiro atoms. The molecular formula is C13H17BrFNO. The Morgan fingerprint density at radius 1 is 1.59 bits per heavy atom. The van der Waals surface area contributed by atoms with Gasteiger partial charge in [0.05, 0.1) is 12.9 Å². The van der Waals surface area contributed by atoms with Gasteiger partial charge in [0.2, 0.25) is 0 Å². The van der Waals surface area contributed by atoms with Crippen LogP contribution >= 0.6 is 15.9 Å². The summed E-state index contributed by atoms with van der Waals surface area (Å²) in [7, 11) is 0. The molecule has 0 fully saturated rings. The first-order chi connectivity index (χ1) is 8.15. The first-order valence-electron chi connectivity index (χ1n) is 5.56. The van der Waals surface area contributed by atoms with E-state index in [9.17, 15) is 4.39 Å². The SMILES string of the molecule is C=COCCCNC(C)c1cc(Br)ccc1F. The summed E-state index contributed by atoms with van der Waals surface area (Å²) in [6.45, 7) is 6.82. The van der Waals surface area contributed by atoms with Crippen molar-refractivity contribution >= 4 is 15.9 Å². The highest BCUT2D eigenvalue weighted by Gasteiger charge is 2.10. The molecule has 0 saturated carbocycles. The third-order valence-corrected chi connectivity index (χ3v) is 2.93. The van der Waals surface area contributed by atoms with Crippen molar-refractivity contribution in [2.75, 3.05) is 13.2 Å². The fourth-order valence-electron chi connectivity index (χ4n) is 1.51. The summed E-state index contributed by atoms with van der Waals surface area (Å²) < 4.78 is 19.4. The van der Waals surface area contributed by atoms with Gasteiger partial charge in [-0.2, -0.15) is 0 Å². The molecule has 1 atom stereocenters. The molecule has 0 aromatic heterocycles. The highest BCUT2D eigenvalue weighted by Crippen LogP contribution is 2.21. The summed E-state index contributed by atoms with van der Waals surface area (Å²) >= 11 is 3.34. The van der Waals surface area contributed by atoms with Crippen LogP contribution in [0.3, 0.4) is 0 Å². The lowest BCUT2D eigenvalue weighted by molar-refractivity contribution is 0.243. The number of nitrogens with one attached hydrogen (secondary N) is 1. The van der Waals surface area contributed by atoms with Gasteiger partial charge >= 0.3 is 0 Å². The number of hydrogen-bond acceptors (Lipinski definition) is 2. The van der Waals surface area contributed by atoms with E-state index in [0.29, 0.717) is 12.2 Å². The van der Waals surface area contributed by atoms with Gasteiger partial charge in [-0.05, 0) is 38.1 Å². The zero-order valence-corrected chi connectivity index (χ0v) is 11.5. The molecule has 0 aliphatic carbocycles. The van der Waals surface area contributed by atoms with Gasteiger partial charge in [0, 0.05) is 16.1 Å². The van der Waals surface area contributed by atoms with Crippen LogP contribution in [0.1, 0.15) is 24.9 Å². The van der Waals surface area contributed by atoms with Crippen molar-refractivity contribution < 1.29 is 9.13 Å². The maximum atomic E-state index is 13.6. The van der Waals surface area contributed by atoms with Crippen molar-refractivity contribution in [3.05, 3.63) is 46.9 Å². The summed E-state index contributed by atoms with van der Waals surface area (Å²) in [5.74, 6) is -0.185. The van der Waals surface area contributed by atoms with E-state index in [1.165, 1.54) is 12.3 Å². The normalized spacial score (nSPS) is 12.2. The maximum absolute atomic E-state index is 13.6. The van der Waals surface area contributed by atoms with E-state index >= 15 is 0 Å². The standard InChI is InChI=1S/C13H17BrFNO/c1-3-17-8-4-7-16-10(2)12-9-11(14)5-6-13(12)15/h3,5-6,9-10,16H,1,4,7-8H2,2H3. The largest absolute Gasteiger partial charge is 0.502 e. The second kappa shape index (κ2) is 7.45. The quantitative estimate of drug-likeness (QED) is 0.611. The Morgan fingerprint density at radius 2 is 2.35 bits per heavy atom. The lowest BCUT2D eigenvalue weighted by atomic mass is 10.1. The van der Waals surface area contributed by atoms with Crippen LogP contribution in [0, 0.1) is 5.82 Å². The summed E-state index contributed by atoms with van der Waals surface area (Å²) in [4.78, 5) is 0. The van der Waals surface area contributed by atoms with Crippen molar-refractivity contribution in [1.29, 1.82) is 0 Å². The van der Waals surface area contributed by atoms with E-state index in [1.807, 2.05) is 6.92 Å². The fourth-order valence-corrected chi connectivity index (χ4v) is 1.89. The van der Waals surface area contributed by atoms with E-state index in [-0.39, 0.29) is 11.9 Å². The molecule has 4 heteroatoms. The van der Waals surface area contributed by atoms with Crippen LogP contribution < -0.4 is 5.32 Å². The fraction of sp³-hybridized carbons (Fsp3) is 0.385. The molecule has 0 bridgehead atoms. The van der Waals surface area contributed by atoms with Crippen LogP contribution in [-0.4, -0.2) is 13.2 Å². The average molecular weight is 302 g/mol. The molecule has 2 nitrogen and oxygen atoms in total. The van der Waals surface area contributed by atoms with Crippen LogP contribution in [-0.2, 0) is 4.74 Å². The Balaban J connectivity index is 2.43. The zero-order valence-electron chi connectivity index (χ0n) is 9.88. The number of halogens is 2. The molecule has 1 aromatic carbocycles. The Labute approximate surface area is 110 Å². The summed E-state index contributed by atoms with van der Waals surface area (Å²) in [6, 6.07) is 4.95. The first-order valence-corrected chi connectivity index (χ1v) is 6.35. The van der Waals surface area contributed by atoms with Crippen LogP contribution in [0.15, 0.2) is 35.5 Å². The number of rotatable bonds is 7. The van der Waals surface area contributed by atoms with E-state index in [0.717, 1.165) is 17.4 Å². The molecule has 0 heterocycles. The van der Waals surface area contributed by atoms with E-state index in [4.69, 9.17) is 4.74 Å².